The van der Waals surface area contributed by atoms with E-state index in [-0.39, 0.29) is 45.4 Å². The van der Waals surface area contributed by atoms with Crippen molar-refractivity contribution in [3.05, 3.63) is 129 Å². The Bertz CT molecular complexity index is 1700. The van der Waals surface area contributed by atoms with Crippen LogP contribution in [0, 0.1) is 5.92 Å². The van der Waals surface area contributed by atoms with E-state index in [1.54, 1.807) is 42.5 Å². The largest absolute Gasteiger partial charge is 0.354 e. The van der Waals surface area contributed by atoms with Crippen LogP contribution in [0.2, 0.25) is 15.1 Å². The first kappa shape index (κ1) is 34.3. The summed E-state index contributed by atoms with van der Waals surface area (Å²) in [6.45, 7) is 3.73. The summed E-state index contributed by atoms with van der Waals surface area (Å²) in [6, 6.07) is 27.5. The molecule has 236 valence electrons. The Kier molecular flexibility index (Phi) is 11.9. The fraction of sp³-hybridized carbons (Fsp3) is 0.235. The van der Waals surface area contributed by atoms with E-state index in [9.17, 15) is 18.0 Å². The molecule has 2 amide bonds. The molecule has 1 N–H and O–H groups in total. The lowest BCUT2D eigenvalue weighted by atomic mass is 10.0. The van der Waals surface area contributed by atoms with Crippen LogP contribution in [-0.4, -0.2) is 44.3 Å². The lowest BCUT2D eigenvalue weighted by Gasteiger charge is -2.34. The highest BCUT2D eigenvalue weighted by atomic mass is 35.5. The number of anilines is 1. The number of nitrogens with zero attached hydrogens (tertiary/aromatic N) is 2. The van der Waals surface area contributed by atoms with Crippen LogP contribution in [0.1, 0.15) is 25.0 Å². The zero-order valence-corrected chi connectivity index (χ0v) is 28.0. The number of carbonyl (C=O) groups is 2. The van der Waals surface area contributed by atoms with Gasteiger partial charge in [-0.05, 0) is 59.5 Å². The first-order valence-corrected chi connectivity index (χ1v) is 16.9. The molecule has 0 saturated heterocycles. The molecule has 0 fully saturated rings. The first-order chi connectivity index (χ1) is 21.5. The number of amides is 2. The van der Waals surface area contributed by atoms with Gasteiger partial charge in [-0.1, -0.05) is 109 Å². The fourth-order valence-electron chi connectivity index (χ4n) is 4.67. The second kappa shape index (κ2) is 15.6. The van der Waals surface area contributed by atoms with Gasteiger partial charge in [-0.15, -0.1) is 0 Å². The molecule has 0 aromatic heterocycles. The van der Waals surface area contributed by atoms with Gasteiger partial charge in [0.15, 0.2) is 0 Å². The molecule has 0 aliphatic heterocycles. The van der Waals surface area contributed by atoms with E-state index in [0.29, 0.717) is 17.1 Å². The summed E-state index contributed by atoms with van der Waals surface area (Å²) in [5.74, 6) is -0.794. The third-order valence-corrected chi connectivity index (χ3v) is 9.59. The summed E-state index contributed by atoms with van der Waals surface area (Å²) in [4.78, 5) is 29.7. The number of hydrogen-bond acceptors (Lipinski definition) is 4. The average Bonchev–Trinajstić information content (AvgIpc) is 3.03. The van der Waals surface area contributed by atoms with E-state index in [2.05, 4.69) is 5.32 Å². The highest BCUT2D eigenvalue weighted by Crippen LogP contribution is 2.33. The molecule has 0 bridgehead atoms. The molecular weight excluding hydrogens is 653 g/mol. The summed E-state index contributed by atoms with van der Waals surface area (Å²) in [5.41, 5.74) is 1.58. The summed E-state index contributed by atoms with van der Waals surface area (Å²) in [5, 5.41) is 3.81. The van der Waals surface area contributed by atoms with Gasteiger partial charge in [-0.3, -0.25) is 13.9 Å². The predicted octanol–water partition coefficient (Wildman–Crippen LogP) is 7.25. The number of benzene rings is 4. The maximum atomic E-state index is 14.5. The molecule has 0 spiro atoms. The van der Waals surface area contributed by atoms with Crippen LogP contribution in [0.4, 0.5) is 5.69 Å². The van der Waals surface area contributed by atoms with Crippen molar-refractivity contribution in [2.75, 3.05) is 17.4 Å². The minimum atomic E-state index is -4.30. The summed E-state index contributed by atoms with van der Waals surface area (Å²) >= 11 is 18.9. The van der Waals surface area contributed by atoms with Crippen LogP contribution in [0.15, 0.2) is 108 Å². The second-order valence-corrected chi connectivity index (χ2v) is 14.1. The van der Waals surface area contributed by atoms with Crippen LogP contribution >= 0.6 is 34.8 Å². The third-order valence-electron chi connectivity index (χ3n) is 7.01. The first-order valence-electron chi connectivity index (χ1n) is 14.3. The highest BCUT2D eigenvalue weighted by Gasteiger charge is 2.35. The molecule has 4 aromatic carbocycles. The number of carbonyl (C=O) groups excluding carboxylic acids is 2. The summed E-state index contributed by atoms with van der Waals surface area (Å²) < 4.78 is 29.1. The van der Waals surface area contributed by atoms with Gasteiger partial charge in [-0.25, -0.2) is 8.42 Å². The highest BCUT2D eigenvalue weighted by molar-refractivity contribution is 7.92. The Labute approximate surface area is 279 Å². The van der Waals surface area contributed by atoms with Gasteiger partial charge < -0.3 is 10.2 Å². The number of rotatable bonds is 13. The topological polar surface area (TPSA) is 86.8 Å². The average molecular weight is 687 g/mol. The maximum Gasteiger partial charge on any atom is 0.264 e. The zero-order valence-electron chi connectivity index (χ0n) is 24.9. The summed E-state index contributed by atoms with van der Waals surface area (Å²) in [6.07, 6.45) is 0.202. The summed E-state index contributed by atoms with van der Waals surface area (Å²) in [7, 11) is -4.30. The van der Waals surface area contributed by atoms with E-state index >= 15 is 0 Å². The molecule has 0 heterocycles. The van der Waals surface area contributed by atoms with Gasteiger partial charge in [0.2, 0.25) is 11.8 Å². The van der Waals surface area contributed by atoms with Gasteiger partial charge in [0, 0.05) is 29.6 Å². The van der Waals surface area contributed by atoms with Crippen molar-refractivity contribution in [2.24, 2.45) is 5.92 Å². The Hall–Kier alpha value is -3.56. The molecule has 0 radical (unpaired) electrons. The minimum absolute atomic E-state index is 0.0190. The Morgan fingerprint density at radius 3 is 2.00 bits per heavy atom. The van der Waals surface area contributed by atoms with E-state index < -0.39 is 28.5 Å². The van der Waals surface area contributed by atoms with Gasteiger partial charge in [0.1, 0.15) is 12.6 Å². The molecule has 0 aliphatic rings. The van der Waals surface area contributed by atoms with E-state index in [1.807, 2.05) is 44.2 Å². The van der Waals surface area contributed by atoms with Gasteiger partial charge >= 0.3 is 0 Å². The normalized spacial score (nSPS) is 12.0. The standard InChI is InChI=1S/C34H34Cl3N3O4S/c1-24(2)21-38-34(42)32(19-25-9-5-3-6-10-25)39(22-26-13-15-27(35)16-14-26)33(41)23-40(31-20-28(36)17-18-30(31)37)45(43,44)29-11-7-4-8-12-29/h3-18,20,24,32H,19,21-23H2,1-2H3,(H,38,42)/t32-/m0/s1. The van der Waals surface area contributed by atoms with Crippen molar-refractivity contribution in [1.29, 1.82) is 0 Å². The number of hydrogen-bond donors (Lipinski definition) is 1. The lowest BCUT2D eigenvalue weighted by molar-refractivity contribution is -0.140. The molecule has 7 nitrogen and oxygen atoms in total. The molecule has 45 heavy (non-hydrogen) atoms. The molecular formula is C34H34Cl3N3O4S. The zero-order chi connectivity index (χ0) is 32.6. The van der Waals surface area contributed by atoms with E-state index in [1.165, 1.54) is 35.2 Å². The second-order valence-electron chi connectivity index (χ2n) is 10.9. The number of nitrogens with one attached hydrogen (secondary N) is 1. The van der Waals surface area contributed by atoms with Gasteiger partial charge in [0.05, 0.1) is 15.6 Å². The van der Waals surface area contributed by atoms with Crippen molar-refractivity contribution in [2.45, 2.75) is 37.8 Å². The minimum Gasteiger partial charge on any atom is -0.354 e. The van der Waals surface area contributed by atoms with Crippen molar-refractivity contribution in [1.82, 2.24) is 10.2 Å². The van der Waals surface area contributed by atoms with Crippen molar-refractivity contribution >= 4 is 62.3 Å². The van der Waals surface area contributed by atoms with Crippen molar-refractivity contribution in [3.8, 4) is 0 Å². The fourth-order valence-corrected chi connectivity index (χ4v) is 6.68. The van der Waals surface area contributed by atoms with Crippen LogP contribution < -0.4 is 9.62 Å². The maximum absolute atomic E-state index is 14.5. The smallest absolute Gasteiger partial charge is 0.264 e. The number of halogens is 3. The monoisotopic (exact) mass is 685 g/mol. The van der Waals surface area contributed by atoms with Crippen LogP contribution in [0.5, 0.6) is 0 Å². The third kappa shape index (κ3) is 9.23. The van der Waals surface area contributed by atoms with Gasteiger partial charge in [0.25, 0.3) is 10.0 Å². The number of sulfonamides is 1. The van der Waals surface area contributed by atoms with E-state index in [4.69, 9.17) is 34.8 Å². The van der Waals surface area contributed by atoms with E-state index in [0.717, 1.165) is 9.87 Å². The van der Waals surface area contributed by atoms with Crippen molar-refractivity contribution < 1.29 is 18.0 Å². The molecule has 4 rings (SSSR count). The van der Waals surface area contributed by atoms with Crippen molar-refractivity contribution in [3.63, 3.8) is 0 Å². The molecule has 0 aliphatic carbocycles. The SMILES string of the molecule is CC(C)CNC(=O)[C@H](Cc1ccccc1)N(Cc1ccc(Cl)cc1)C(=O)CN(c1cc(Cl)ccc1Cl)S(=O)(=O)c1ccccc1. The molecule has 0 unspecified atom stereocenters. The molecule has 11 heteroatoms. The van der Waals surface area contributed by atoms with Crippen LogP contribution in [0.25, 0.3) is 0 Å². The quantitative estimate of drug-likeness (QED) is 0.161. The Balaban J connectivity index is 1.82. The Morgan fingerprint density at radius 2 is 1.38 bits per heavy atom. The molecule has 1 atom stereocenters. The Morgan fingerprint density at radius 1 is 0.778 bits per heavy atom. The van der Waals surface area contributed by atoms with Crippen LogP contribution in [0.3, 0.4) is 0 Å². The van der Waals surface area contributed by atoms with Gasteiger partial charge in [-0.2, -0.15) is 0 Å². The molecule has 4 aromatic rings. The van der Waals surface area contributed by atoms with Crippen LogP contribution in [-0.2, 0) is 32.6 Å². The predicted molar refractivity (Wildman–Crippen MR) is 181 cm³/mol. The molecule has 0 saturated carbocycles. The lowest BCUT2D eigenvalue weighted by Crippen LogP contribution is -2.53.